The molecule has 7 heteroatoms. The molecule has 3 atom stereocenters. The number of hydrogen-bond acceptors (Lipinski definition) is 7. The molecule has 35 heavy (non-hydrogen) atoms. The van der Waals surface area contributed by atoms with Crippen LogP contribution in [0.1, 0.15) is 42.1 Å². The first-order chi connectivity index (χ1) is 16.9. The van der Waals surface area contributed by atoms with Crippen LogP contribution >= 0.6 is 0 Å². The predicted octanol–water partition coefficient (Wildman–Crippen LogP) is 3.15. The average molecular weight is 471 g/mol. The van der Waals surface area contributed by atoms with Gasteiger partial charge in [-0.05, 0) is 66.9 Å². The van der Waals surface area contributed by atoms with Crippen LogP contribution in [0.15, 0.2) is 42.5 Å². The van der Waals surface area contributed by atoms with Gasteiger partial charge in [0.1, 0.15) is 0 Å². The lowest BCUT2D eigenvalue weighted by molar-refractivity contribution is 0.0729. The summed E-state index contributed by atoms with van der Waals surface area (Å²) in [5.74, 6) is 0. The van der Waals surface area contributed by atoms with Gasteiger partial charge in [0.05, 0.1) is 23.3 Å². The number of rotatable bonds is 4. The van der Waals surface area contributed by atoms with Crippen molar-refractivity contribution in [3.05, 3.63) is 64.7 Å². The fraction of sp³-hybridized carbons (Fsp3) is 0.429. The molecule has 3 N–H and O–H groups in total. The summed E-state index contributed by atoms with van der Waals surface area (Å²) in [5, 5.41) is 30.8. The summed E-state index contributed by atoms with van der Waals surface area (Å²) < 4.78 is 0. The summed E-state index contributed by atoms with van der Waals surface area (Å²) in [6.45, 7) is 9.93. The number of hydrogen-bond donors (Lipinski definition) is 3. The second-order valence-electron chi connectivity index (χ2n) is 10.3. The van der Waals surface area contributed by atoms with Gasteiger partial charge in [0, 0.05) is 69.4 Å². The Kier molecular flexibility index (Phi) is 6.37. The molecule has 0 saturated carbocycles. The van der Waals surface area contributed by atoms with E-state index in [1.54, 1.807) is 6.08 Å². The lowest BCUT2D eigenvalue weighted by atomic mass is 9.99. The van der Waals surface area contributed by atoms with Crippen molar-refractivity contribution in [3.8, 4) is 6.07 Å². The fourth-order valence-electron chi connectivity index (χ4n) is 5.84. The van der Waals surface area contributed by atoms with Gasteiger partial charge in [-0.3, -0.25) is 4.90 Å². The van der Waals surface area contributed by atoms with E-state index in [9.17, 15) is 10.4 Å². The Morgan fingerprint density at radius 1 is 1.20 bits per heavy atom. The van der Waals surface area contributed by atoms with Gasteiger partial charge < -0.3 is 25.6 Å². The number of anilines is 2. The number of nitrogens with one attached hydrogen (secondary N) is 2. The maximum absolute atomic E-state index is 10.7. The van der Waals surface area contributed by atoms with E-state index in [0.717, 1.165) is 44.0 Å². The van der Waals surface area contributed by atoms with E-state index in [0.29, 0.717) is 30.7 Å². The smallest absolute Gasteiger partial charge is 0.0991 e. The third-order valence-corrected chi connectivity index (χ3v) is 7.51. The van der Waals surface area contributed by atoms with E-state index in [1.807, 2.05) is 31.2 Å². The summed E-state index contributed by atoms with van der Waals surface area (Å²) in [6.07, 6.45) is 4.90. The Bertz CT molecular complexity index is 1180. The maximum atomic E-state index is 10.7. The number of β-amino-alcohol motifs (C(OH)–C–C–N with tert-alkyl or cyclic N) is 1. The van der Waals surface area contributed by atoms with Crippen molar-refractivity contribution in [2.75, 3.05) is 49.1 Å². The number of piperazine rings is 1. The van der Waals surface area contributed by atoms with Crippen LogP contribution in [0, 0.1) is 16.7 Å². The van der Waals surface area contributed by atoms with Crippen molar-refractivity contribution in [2.24, 2.45) is 0 Å². The van der Waals surface area contributed by atoms with Crippen LogP contribution in [0.25, 0.3) is 6.08 Å². The van der Waals surface area contributed by atoms with Gasteiger partial charge in [-0.15, -0.1) is 0 Å². The molecule has 0 amide bonds. The lowest BCUT2D eigenvalue weighted by Crippen LogP contribution is -2.51. The lowest BCUT2D eigenvalue weighted by Gasteiger charge is -2.44. The number of fused-ring (bicyclic) bond motifs is 3. The zero-order valence-corrected chi connectivity index (χ0v) is 20.5. The van der Waals surface area contributed by atoms with E-state index in [-0.39, 0.29) is 0 Å². The van der Waals surface area contributed by atoms with Crippen LogP contribution in [0.2, 0.25) is 0 Å². The van der Waals surface area contributed by atoms with E-state index in [2.05, 4.69) is 51.2 Å². The summed E-state index contributed by atoms with van der Waals surface area (Å²) in [5.41, 5.74) is 5.92. The quantitative estimate of drug-likeness (QED) is 0.595. The van der Waals surface area contributed by atoms with Crippen molar-refractivity contribution in [3.63, 3.8) is 0 Å². The first kappa shape index (κ1) is 23.6. The highest BCUT2D eigenvalue weighted by Crippen LogP contribution is 2.42. The van der Waals surface area contributed by atoms with Crippen LogP contribution in [0.4, 0.5) is 11.4 Å². The Morgan fingerprint density at radius 3 is 2.86 bits per heavy atom. The Labute approximate surface area is 207 Å². The molecular formula is C28H34N6O. The van der Waals surface area contributed by atoms with Crippen LogP contribution in [-0.2, 0) is 6.54 Å². The van der Waals surface area contributed by atoms with Crippen LogP contribution in [0.5, 0.6) is 0 Å². The van der Waals surface area contributed by atoms with Gasteiger partial charge in [0.15, 0.2) is 0 Å². The van der Waals surface area contributed by atoms with E-state index in [4.69, 9.17) is 5.41 Å². The molecule has 0 bridgehead atoms. The second kappa shape index (κ2) is 9.46. The van der Waals surface area contributed by atoms with E-state index >= 15 is 0 Å². The van der Waals surface area contributed by atoms with Crippen molar-refractivity contribution in [1.82, 2.24) is 10.2 Å². The molecule has 0 aromatic heterocycles. The number of nitriles is 1. The highest BCUT2D eigenvalue weighted by Gasteiger charge is 2.39. The molecule has 0 aliphatic carbocycles. The Morgan fingerprint density at radius 2 is 2.06 bits per heavy atom. The normalized spacial score (nSPS) is 26.8. The monoisotopic (exact) mass is 470 g/mol. The Hall–Kier alpha value is -3.18. The van der Waals surface area contributed by atoms with Crippen LogP contribution in [0.3, 0.4) is 0 Å². The minimum Gasteiger partial charge on any atom is -0.387 e. The highest BCUT2D eigenvalue weighted by molar-refractivity contribution is 5.80. The molecule has 7 nitrogen and oxygen atoms in total. The van der Waals surface area contributed by atoms with Crippen molar-refractivity contribution >= 4 is 23.7 Å². The van der Waals surface area contributed by atoms with Gasteiger partial charge in [0.2, 0.25) is 0 Å². The van der Waals surface area contributed by atoms with E-state index in [1.165, 1.54) is 23.0 Å². The van der Waals surface area contributed by atoms with Crippen molar-refractivity contribution in [1.29, 1.82) is 10.7 Å². The van der Waals surface area contributed by atoms with Crippen LogP contribution < -0.4 is 15.1 Å². The molecular weight excluding hydrogens is 436 g/mol. The van der Waals surface area contributed by atoms with Gasteiger partial charge in [-0.1, -0.05) is 12.1 Å². The summed E-state index contributed by atoms with van der Waals surface area (Å²) in [4.78, 5) is 7.32. The SMILES string of the molecule is C[C@@H]1CN(c2ccc(C#N)cc2/C=C\C=N)C[C@@H]2c3ccc(N4CCNCC(C)(O)C4)cc3CN12. The molecule has 2 aromatic carbocycles. The number of benzene rings is 2. The first-order valence-corrected chi connectivity index (χ1v) is 12.4. The van der Waals surface area contributed by atoms with Gasteiger partial charge in [-0.2, -0.15) is 5.26 Å². The topological polar surface area (TPSA) is 89.6 Å². The van der Waals surface area contributed by atoms with Gasteiger partial charge in [-0.25, -0.2) is 0 Å². The van der Waals surface area contributed by atoms with E-state index < -0.39 is 5.60 Å². The minimum atomic E-state index is -0.743. The number of allylic oxidation sites excluding steroid dienone is 1. The zero-order valence-electron chi connectivity index (χ0n) is 20.5. The van der Waals surface area contributed by atoms with Gasteiger partial charge >= 0.3 is 0 Å². The summed E-state index contributed by atoms with van der Waals surface area (Å²) in [7, 11) is 0. The molecule has 5 rings (SSSR count). The first-order valence-electron chi connectivity index (χ1n) is 12.4. The largest absolute Gasteiger partial charge is 0.387 e. The highest BCUT2D eigenvalue weighted by atomic mass is 16.3. The van der Waals surface area contributed by atoms with Crippen LogP contribution in [-0.4, -0.2) is 67.1 Å². The second-order valence-corrected chi connectivity index (χ2v) is 10.3. The molecule has 3 aliphatic rings. The molecule has 2 saturated heterocycles. The molecule has 2 aromatic rings. The summed E-state index contributed by atoms with van der Waals surface area (Å²) in [6, 6.07) is 15.6. The maximum Gasteiger partial charge on any atom is 0.0991 e. The Balaban J connectivity index is 1.42. The third-order valence-electron chi connectivity index (χ3n) is 7.51. The molecule has 1 unspecified atom stereocenters. The molecule has 2 fully saturated rings. The minimum absolute atomic E-state index is 0.312. The standard InChI is InChI=1S/C28H34N6O/c1-20-15-33(26-8-5-21(14-30)12-22(26)4-3-9-29)17-27-25-7-6-24(13-23(25)16-34(20)27)32-11-10-31-18-28(2,35)19-32/h3-9,12-13,20,27,29,31,35H,10-11,15-19H2,1-2H3/b4-3-,29-9?/t20-,27-,28?/m1/s1. The zero-order chi connectivity index (χ0) is 24.6. The average Bonchev–Trinajstić information content (AvgIpc) is 3.12. The van der Waals surface area contributed by atoms with Crippen molar-refractivity contribution < 1.29 is 5.11 Å². The molecule has 0 spiro atoms. The molecule has 3 heterocycles. The molecule has 3 aliphatic heterocycles. The fourth-order valence-corrected chi connectivity index (χ4v) is 5.84. The summed E-state index contributed by atoms with van der Waals surface area (Å²) >= 11 is 0. The molecule has 0 radical (unpaired) electrons. The molecule has 182 valence electrons. The number of aliphatic hydroxyl groups is 1. The van der Waals surface area contributed by atoms with Gasteiger partial charge in [0.25, 0.3) is 0 Å². The number of nitrogens with zero attached hydrogens (tertiary/aromatic N) is 4. The van der Waals surface area contributed by atoms with Crippen molar-refractivity contribution in [2.45, 2.75) is 38.1 Å². The third kappa shape index (κ3) is 4.70. The predicted molar refractivity (Wildman–Crippen MR) is 141 cm³/mol.